The van der Waals surface area contributed by atoms with Gasteiger partial charge >= 0.3 is 0 Å². The fraction of sp³-hybridized carbons (Fsp3) is 0.500. The number of hydrogen-bond acceptors (Lipinski definition) is 3. The molecule has 0 atom stereocenters. The van der Waals surface area contributed by atoms with Gasteiger partial charge in [-0.25, -0.2) is 4.98 Å². The van der Waals surface area contributed by atoms with Crippen LogP contribution in [0, 0.1) is 6.92 Å². The molecule has 0 radical (unpaired) electrons. The zero-order chi connectivity index (χ0) is 12.8. The van der Waals surface area contributed by atoms with Gasteiger partial charge in [0.15, 0.2) is 0 Å². The van der Waals surface area contributed by atoms with E-state index in [-0.39, 0.29) is 12.5 Å². The average Bonchev–Trinajstić information content (AvgIpc) is 2.24. The summed E-state index contributed by atoms with van der Waals surface area (Å²) in [5, 5.41) is 0. The predicted molar refractivity (Wildman–Crippen MR) is 73.0 cm³/mol. The van der Waals surface area contributed by atoms with Gasteiger partial charge in [-0.05, 0) is 40.9 Å². The number of rotatable bonds is 6. The Kier molecular flexibility index (Phi) is 5.41. The van der Waals surface area contributed by atoms with Crippen LogP contribution in [0.5, 0.6) is 0 Å². The summed E-state index contributed by atoms with van der Waals surface area (Å²) in [6, 6.07) is 1.99. The first-order valence-corrected chi connectivity index (χ1v) is 6.49. The molecule has 0 unspecified atom stereocenters. The number of unbranched alkanes of at least 4 members (excludes halogenated alkanes) is 1. The van der Waals surface area contributed by atoms with Crippen molar-refractivity contribution in [1.82, 2.24) is 4.98 Å². The van der Waals surface area contributed by atoms with Gasteiger partial charge in [0.2, 0.25) is 5.91 Å². The second-order valence-electron chi connectivity index (χ2n) is 4.06. The van der Waals surface area contributed by atoms with Gasteiger partial charge in [0, 0.05) is 12.7 Å². The molecule has 0 aliphatic carbocycles. The van der Waals surface area contributed by atoms with E-state index in [2.05, 4.69) is 27.8 Å². The van der Waals surface area contributed by atoms with Crippen molar-refractivity contribution in [2.75, 3.05) is 18.0 Å². The summed E-state index contributed by atoms with van der Waals surface area (Å²) in [7, 11) is 0. The van der Waals surface area contributed by atoms with E-state index in [0.717, 1.165) is 35.2 Å². The van der Waals surface area contributed by atoms with E-state index in [9.17, 15) is 4.79 Å². The number of aryl methyl sites for hydroxylation is 1. The third-order valence-electron chi connectivity index (χ3n) is 2.39. The van der Waals surface area contributed by atoms with Crippen molar-refractivity contribution in [2.24, 2.45) is 5.73 Å². The quantitative estimate of drug-likeness (QED) is 0.876. The number of primary amides is 1. The second-order valence-corrected chi connectivity index (χ2v) is 4.91. The van der Waals surface area contributed by atoms with Crippen LogP contribution in [0.1, 0.15) is 25.3 Å². The van der Waals surface area contributed by atoms with Crippen molar-refractivity contribution in [3.63, 3.8) is 0 Å². The van der Waals surface area contributed by atoms with Crippen LogP contribution in [0.25, 0.3) is 0 Å². The fourth-order valence-corrected chi connectivity index (χ4v) is 2.27. The van der Waals surface area contributed by atoms with Crippen LogP contribution in [0.15, 0.2) is 16.7 Å². The Hall–Kier alpha value is -1.10. The summed E-state index contributed by atoms with van der Waals surface area (Å²) in [6.45, 7) is 5.08. The average molecular weight is 300 g/mol. The van der Waals surface area contributed by atoms with Crippen LogP contribution in [0.4, 0.5) is 5.82 Å². The highest BCUT2D eigenvalue weighted by molar-refractivity contribution is 9.10. The van der Waals surface area contributed by atoms with Gasteiger partial charge < -0.3 is 10.6 Å². The maximum atomic E-state index is 11.1. The fourth-order valence-electron chi connectivity index (χ4n) is 1.56. The third kappa shape index (κ3) is 4.34. The van der Waals surface area contributed by atoms with Crippen LogP contribution in [0.2, 0.25) is 0 Å². The van der Waals surface area contributed by atoms with E-state index in [4.69, 9.17) is 5.73 Å². The Morgan fingerprint density at radius 1 is 1.59 bits per heavy atom. The lowest BCUT2D eigenvalue weighted by Crippen LogP contribution is -2.35. The summed E-state index contributed by atoms with van der Waals surface area (Å²) < 4.78 is 0.898. The van der Waals surface area contributed by atoms with Gasteiger partial charge in [0.1, 0.15) is 5.82 Å². The topological polar surface area (TPSA) is 59.2 Å². The van der Waals surface area contributed by atoms with Crippen molar-refractivity contribution in [2.45, 2.75) is 26.7 Å². The molecule has 1 amide bonds. The molecule has 17 heavy (non-hydrogen) atoms. The molecular weight excluding hydrogens is 282 g/mol. The van der Waals surface area contributed by atoms with Crippen molar-refractivity contribution < 1.29 is 4.79 Å². The van der Waals surface area contributed by atoms with Crippen molar-refractivity contribution in [3.05, 3.63) is 22.3 Å². The first-order chi connectivity index (χ1) is 8.04. The molecule has 0 fully saturated rings. The molecule has 1 heterocycles. The SMILES string of the molecule is CCCCN(CC(N)=O)c1ncc(C)cc1Br. The molecule has 0 aliphatic rings. The summed E-state index contributed by atoms with van der Waals surface area (Å²) in [5.41, 5.74) is 6.34. The van der Waals surface area contributed by atoms with E-state index < -0.39 is 0 Å². The highest BCUT2D eigenvalue weighted by atomic mass is 79.9. The van der Waals surface area contributed by atoms with Gasteiger partial charge in [-0.1, -0.05) is 13.3 Å². The molecule has 0 spiro atoms. The first-order valence-electron chi connectivity index (χ1n) is 5.70. The maximum Gasteiger partial charge on any atom is 0.236 e. The molecule has 4 nitrogen and oxygen atoms in total. The Morgan fingerprint density at radius 2 is 2.29 bits per heavy atom. The minimum absolute atomic E-state index is 0.203. The largest absolute Gasteiger partial charge is 0.368 e. The Morgan fingerprint density at radius 3 is 2.82 bits per heavy atom. The van der Waals surface area contributed by atoms with E-state index in [0.29, 0.717) is 0 Å². The standard InChI is InChI=1S/C12H18BrN3O/c1-3-4-5-16(8-11(14)17)12-10(13)6-9(2)7-15-12/h6-7H,3-5,8H2,1-2H3,(H2,14,17). The molecular formula is C12H18BrN3O. The molecule has 0 aliphatic heterocycles. The Balaban J connectivity index is 2.90. The Bertz CT molecular complexity index is 395. The lowest BCUT2D eigenvalue weighted by Gasteiger charge is -2.23. The zero-order valence-electron chi connectivity index (χ0n) is 10.2. The van der Waals surface area contributed by atoms with Gasteiger partial charge in [-0.2, -0.15) is 0 Å². The van der Waals surface area contributed by atoms with Crippen molar-refractivity contribution in [1.29, 1.82) is 0 Å². The highest BCUT2D eigenvalue weighted by Gasteiger charge is 2.13. The third-order valence-corrected chi connectivity index (χ3v) is 2.97. The molecule has 0 saturated heterocycles. The summed E-state index contributed by atoms with van der Waals surface area (Å²) in [6.07, 6.45) is 3.87. The number of carbonyl (C=O) groups excluding carboxylic acids is 1. The number of hydrogen-bond donors (Lipinski definition) is 1. The molecule has 94 valence electrons. The molecule has 0 aromatic carbocycles. The molecule has 2 N–H and O–H groups in total. The minimum atomic E-state index is -0.338. The highest BCUT2D eigenvalue weighted by Crippen LogP contribution is 2.24. The number of nitrogens with two attached hydrogens (primary N) is 1. The van der Waals surface area contributed by atoms with E-state index in [1.807, 2.05) is 17.9 Å². The normalized spacial score (nSPS) is 10.3. The monoisotopic (exact) mass is 299 g/mol. The van der Waals surface area contributed by atoms with Crippen LogP contribution < -0.4 is 10.6 Å². The molecule has 1 aromatic rings. The lowest BCUT2D eigenvalue weighted by atomic mass is 10.2. The number of pyridine rings is 1. The van der Waals surface area contributed by atoms with E-state index >= 15 is 0 Å². The molecule has 1 aromatic heterocycles. The minimum Gasteiger partial charge on any atom is -0.368 e. The molecule has 5 heteroatoms. The number of halogens is 1. The summed E-state index contributed by atoms with van der Waals surface area (Å²) in [4.78, 5) is 17.3. The maximum absolute atomic E-state index is 11.1. The van der Waals surface area contributed by atoms with Crippen molar-refractivity contribution in [3.8, 4) is 0 Å². The lowest BCUT2D eigenvalue weighted by molar-refractivity contribution is -0.116. The predicted octanol–water partition coefficient (Wildman–Crippen LogP) is 2.24. The Labute approximate surface area is 110 Å². The molecule has 0 saturated carbocycles. The smallest absolute Gasteiger partial charge is 0.236 e. The van der Waals surface area contributed by atoms with Crippen molar-refractivity contribution >= 4 is 27.7 Å². The number of aromatic nitrogens is 1. The number of carbonyl (C=O) groups is 1. The number of amides is 1. The molecule has 0 bridgehead atoms. The van der Waals surface area contributed by atoms with E-state index in [1.165, 1.54) is 0 Å². The van der Waals surface area contributed by atoms with Crippen LogP contribution in [-0.2, 0) is 4.79 Å². The first kappa shape index (κ1) is 14.0. The van der Waals surface area contributed by atoms with Gasteiger partial charge in [-0.15, -0.1) is 0 Å². The zero-order valence-corrected chi connectivity index (χ0v) is 11.8. The summed E-state index contributed by atoms with van der Waals surface area (Å²) >= 11 is 3.47. The summed E-state index contributed by atoms with van der Waals surface area (Å²) in [5.74, 6) is 0.443. The molecule has 1 rings (SSSR count). The van der Waals surface area contributed by atoms with Gasteiger partial charge in [-0.3, -0.25) is 4.79 Å². The van der Waals surface area contributed by atoms with Crippen LogP contribution >= 0.6 is 15.9 Å². The van der Waals surface area contributed by atoms with Crippen LogP contribution in [-0.4, -0.2) is 24.0 Å². The second kappa shape index (κ2) is 6.59. The van der Waals surface area contributed by atoms with Crippen LogP contribution in [0.3, 0.4) is 0 Å². The van der Waals surface area contributed by atoms with E-state index in [1.54, 1.807) is 6.20 Å². The number of anilines is 1. The van der Waals surface area contributed by atoms with Gasteiger partial charge in [0.25, 0.3) is 0 Å². The van der Waals surface area contributed by atoms with Gasteiger partial charge in [0.05, 0.1) is 11.0 Å². The number of nitrogens with zero attached hydrogens (tertiary/aromatic N) is 2.